The zero-order valence-corrected chi connectivity index (χ0v) is 17.9. The molecule has 2 rings (SSSR count). The van der Waals surface area contributed by atoms with Crippen molar-refractivity contribution in [3.05, 3.63) is 29.8 Å². The van der Waals surface area contributed by atoms with E-state index in [9.17, 15) is 18.0 Å². The third-order valence-corrected chi connectivity index (χ3v) is 6.62. The molecule has 1 aliphatic rings. The van der Waals surface area contributed by atoms with E-state index in [-0.39, 0.29) is 29.9 Å². The quantitative estimate of drug-likeness (QED) is 0.562. The van der Waals surface area contributed by atoms with Crippen LogP contribution in [-0.4, -0.2) is 82.0 Å². The van der Waals surface area contributed by atoms with Crippen molar-refractivity contribution in [3.63, 3.8) is 0 Å². The van der Waals surface area contributed by atoms with E-state index in [1.54, 1.807) is 50.1 Å². The second kappa shape index (κ2) is 10.7. The van der Waals surface area contributed by atoms with Crippen LogP contribution in [0.1, 0.15) is 19.4 Å². The van der Waals surface area contributed by atoms with E-state index in [0.717, 1.165) is 5.56 Å². The normalized spacial score (nSPS) is 16.4. The first-order chi connectivity index (χ1) is 13.8. The molecule has 29 heavy (non-hydrogen) atoms. The Morgan fingerprint density at radius 2 is 1.86 bits per heavy atom. The number of benzene rings is 1. The van der Waals surface area contributed by atoms with Crippen molar-refractivity contribution >= 4 is 21.9 Å². The molecule has 1 saturated heterocycles. The molecule has 162 valence electrons. The van der Waals surface area contributed by atoms with Crippen molar-refractivity contribution in [3.8, 4) is 0 Å². The second-order valence-corrected chi connectivity index (χ2v) is 8.72. The van der Waals surface area contributed by atoms with Crippen LogP contribution in [0.2, 0.25) is 0 Å². The highest BCUT2D eigenvalue weighted by atomic mass is 32.2. The van der Waals surface area contributed by atoms with Crippen molar-refractivity contribution in [2.75, 3.05) is 46.5 Å². The maximum Gasteiger partial charge on any atom is 0.323 e. The molecule has 0 aromatic heterocycles. The summed E-state index contributed by atoms with van der Waals surface area (Å²) in [5.74, 6) is -0.617. The summed E-state index contributed by atoms with van der Waals surface area (Å²) in [6.07, 6.45) is 0. The third-order valence-electron chi connectivity index (χ3n) is 4.70. The number of esters is 1. The molecule has 9 nitrogen and oxygen atoms in total. The lowest BCUT2D eigenvalue weighted by molar-refractivity contribution is -0.148. The van der Waals surface area contributed by atoms with Crippen LogP contribution in [0.15, 0.2) is 29.2 Å². The summed E-state index contributed by atoms with van der Waals surface area (Å²) in [4.78, 5) is 25.7. The molecule has 1 fully saturated rings. The molecule has 0 bridgehead atoms. The van der Waals surface area contributed by atoms with Gasteiger partial charge in [-0.3, -0.25) is 14.5 Å². The first kappa shape index (κ1) is 23.3. The van der Waals surface area contributed by atoms with Crippen molar-refractivity contribution in [2.45, 2.75) is 31.3 Å². The van der Waals surface area contributed by atoms with Gasteiger partial charge in [0.1, 0.15) is 6.04 Å². The number of rotatable bonds is 9. The molecular weight excluding hydrogens is 398 g/mol. The number of amides is 1. The molecule has 1 heterocycles. The van der Waals surface area contributed by atoms with E-state index in [4.69, 9.17) is 9.47 Å². The summed E-state index contributed by atoms with van der Waals surface area (Å²) < 4.78 is 36.8. The largest absolute Gasteiger partial charge is 0.465 e. The number of nitrogens with one attached hydrogen (secondary N) is 1. The molecule has 0 aliphatic carbocycles. The van der Waals surface area contributed by atoms with Gasteiger partial charge in [0.05, 0.1) is 31.3 Å². The lowest BCUT2D eigenvalue weighted by atomic mass is 10.2. The maximum atomic E-state index is 12.6. The van der Waals surface area contributed by atoms with Crippen LogP contribution >= 0.6 is 0 Å². The molecule has 0 saturated carbocycles. The van der Waals surface area contributed by atoms with Crippen LogP contribution in [0.4, 0.5) is 0 Å². The zero-order valence-electron chi connectivity index (χ0n) is 17.1. The Morgan fingerprint density at radius 1 is 1.24 bits per heavy atom. The smallest absolute Gasteiger partial charge is 0.323 e. The minimum atomic E-state index is -3.53. The van der Waals surface area contributed by atoms with Crippen LogP contribution in [-0.2, 0) is 35.6 Å². The third kappa shape index (κ3) is 6.49. The highest BCUT2D eigenvalue weighted by Gasteiger charge is 2.26. The van der Waals surface area contributed by atoms with Gasteiger partial charge >= 0.3 is 5.97 Å². The van der Waals surface area contributed by atoms with Gasteiger partial charge in [-0.15, -0.1) is 0 Å². The summed E-state index contributed by atoms with van der Waals surface area (Å²) in [6.45, 7) is 5.49. The number of sulfonamides is 1. The van der Waals surface area contributed by atoms with Gasteiger partial charge in [0, 0.05) is 19.6 Å². The number of hydrogen-bond donors (Lipinski definition) is 1. The molecule has 1 aromatic rings. The second-order valence-electron chi connectivity index (χ2n) is 6.78. The Labute approximate surface area is 172 Å². The van der Waals surface area contributed by atoms with E-state index in [1.807, 2.05) is 0 Å². The van der Waals surface area contributed by atoms with Gasteiger partial charge in [-0.25, -0.2) is 8.42 Å². The molecular formula is C19H29N3O6S. The van der Waals surface area contributed by atoms with E-state index in [1.165, 1.54) is 4.31 Å². The predicted molar refractivity (Wildman–Crippen MR) is 107 cm³/mol. The fourth-order valence-electron chi connectivity index (χ4n) is 2.78. The van der Waals surface area contributed by atoms with Crippen molar-refractivity contribution < 1.29 is 27.5 Å². The van der Waals surface area contributed by atoms with Crippen molar-refractivity contribution in [1.82, 2.24) is 14.5 Å². The van der Waals surface area contributed by atoms with E-state index >= 15 is 0 Å². The number of morpholine rings is 1. The molecule has 0 radical (unpaired) electrons. The number of likely N-dealkylation sites (N-methyl/N-ethyl adjacent to an activating group) is 1. The van der Waals surface area contributed by atoms with Crippen LogP contribution in [0.25, 0.3) is 0 Å². The van der Waals surface area contributed by atoms with Gasteiger partial charge in [0.25, 0.3) is 0 Å². The fraction of sp³-hybridized carbons (Fsp3) is 0.579. The Kier molecular flexibility index (Phi) is 8.57. The first-order valence-corrected chi connectivity index (χ1v) is 11.0. The van der Waals surface area contributed by atoms with E-state index in [0.29, 0.717) is 32.9 Å². The Balaban J connectivity index is 1.86. The Bertz CT molecular complexity index is 791. The van der Waals surface area contributed by atoms with E-state index < -0.39 is 16.1 Å². The van der Waals surface area contributed by atoms with E-state index in [2.05, 4.69) is 5.32 Å². The zero-order chi connectivity index (χ0) is 21.4. The topological polar surface area (TPSA) is 105 Å². The number of carbonyl (C=O) groups excluding carboxylic acids is 2. The summed E-state index contributed by atoms with van der Waals surface area (Å²) in [7, 11) is -1.86. The lowest BCUT2D eigenvalue weighted by Crippen LogP contribution is -2.43. The molecule has 0 spiro atoms. The lowest BCUT2D eigenvalue weighted by Gasteiger charge is -2.26. The van der Waals surface area contributed by atoms with Crippen LogP contribution in [0.5, 0.6) is 0 Å². The molecule has 0 unspecified atom stereocenters. The molecule has 1 aliphatic heterocycles. The standard InChI is InChI=1S/C19H29N3O6S/c1-4-28-19(24)15(2)21(3)14-18(23)20-13-16-5-7-17(8-6-16)29(25,26)22-9-11-27-12-10-22/h5-8,15H,4,9-14H2,1-3H3,(H,20,23)/t15-/m0/s1. The SMILES string of the molecule is CCOC(=O)[C@H](C)N(C)CC(=O)NCc1ccc(S(=O)(=O)N2CCOCC2)cc1. The van der Waals surface area contributed by atoms with Gasteiger partial charge in [-0.2, -0.15) is 4.31 Å². The van der Waals surface area contributed by atoms with Gasteiger partial charge in [-0.1, -0.05) is 12.1 Å². The maximum absolute atomic E-state index is 12.6. The first-order valence-electron chi connectivity index (χ1n) is 9.56. The summed E-state index contributed by atoms with van der Waals surface area (Å²) in [5, 5.41) is 2.77. The number of carbonyl (C=O) groups is 2. The Morgan fingerprint density at radius 3 is 2.45 bits per heavy atom. The minimum Gasteiger partial charge on any atom is -0.465 e. The van der Waals surface area contributed by atoms with Crippen LogP contribution in [0.3, 0.4) is 0 Å². The van der Waals surface area contributed by atoms with Gasteiger partial charge < -0.3 is 14.8 Å². The predicted octanol–water partition coefficient (Wildman–Crippen LogP) is 0.207. The van der Waals surface area contributed by atoms with Crippen molar-refractivity contribution in [2.24, 2.45) is 0 Å². The highest BCUT2D eigenvalue weighted by molar-refractivity contribution is 7.89. The highest BCUT2D eigenvalue weighted by Crippen LogP contribution is 2.17. The molecule has 1 aromatic carbocycles. The number of hydrogen-bond acceptors (Lipinski definition) is 7. The summed E-state index contributed by atoms with van der Waals surface area (Å²) in [6, 6.07) is 5.92. The van der Waals surface area contributed by atoms with Gasteiger partial charge in [0.2, 0.25) is 15.9 Å². The number of ether oxygens (including phenoxy) is 2. The average molecular weight is 428 g/mol. The van der Waals surface area contributed by atoms with Crippen molar-refractivity contribution in [1.29, 1.82) is 0 Å². The summed E-state index contributed by atoms with van der Waals surface area (Å²) >= 11 is 0. The minimum absolute atomic E-state index is 0.0451. The van der Waals surface area contributed by atoms with Crippen LogP contribution < -0.4 is 5.32 Å². The van der Waals surface area contributed by atoms with Gasteiger partial charge in [0.15, 0.2) is 0 Å². The molecule has 10 heteroatoms. The molecule has 1 N–H and O–H groups in total. The number of nitrogens with zero attached hydrogens (tertiary/aromatic N) is 2. The fourth-order valence-corrected chi connectivity index (χ4v) is 4.19. The molecule has 1 atom stereocenters. The van der Waals surface area contributed by atoms with Crippen LogP contribution in [0, 0.1) is 0 Å². The average Bonchev–Trinajstić information content (AvgIpc) is 2.72. The Hall–Kier alpha value is -2.01. The monoisotopic (exact) mass is 427 g/mol. The summed E-state index contributed by atoms with van der Waals surface area (Å²) in [5.41, 5.74) is 0.778. The van der Waals surface area contributed by atoms with Gasteiger partial charge in [-0.05, 0) is 38.6 Å². The molecule has 1 amide bonds.